The van der Waals surface area contributed by atoms with Crippen LogP contribution in [0.2, 0.25) is 0 Å². The number of nitrogens with zero attached hydrogens (tertiary/aromatic N) is 1. The van der Waals surface area contributed by atoms with Gasteiger partial charge in [0.15, 0.2) is 0 Å². The van der Waals surface area contributed by atoms with Gasteiger partial charge in [-0.25, -0.2) is 4.79 Å². The van der Waals surface area contributed by atoms with E-state index in [4.69, 9.17) is 0 Å². The minimum absolute atomic E-state index is 0.406. The van der Waals surface area contributed by atoms with E-state index in [1.165, 1.54) is 5.56 Å². The van der Waals surface area contributed by atoms with E-state index in [1.54, 1.807) is 6.08 Å². The minimum atomic E-state index is -0.849. The molecule has 2 heterocycles. The van der Waals surface area contributed by atoms with Crippen molar-refractivity contribution < 1.29 is 9.90 Å². The summed E-state index contributed by atoms with van der Waals surface area (Å²) in [4.78, 5) is 13.4. The van der Waals surface area contributed by atoms with Crippen molar-refractivity contribution in [2.45, 2.75) is 6.42 Å². The summed E-state index contributed by atoms with van der Waals surface area (Å²) >= 11 is 0. The molecule has 2 aliphatic heterocycles. The van der Waals surface area contributed by atoms with Crippen LogP contribution < -0.4 is 0 Å². The van der Waals surface area contributed by atoms with Crippen LogP contribution in [0, 0.1) is 0 Å². The number of hydrogen-bond acceptors (Lipinski definition) is 2. The van der Waals surface area contributed by atoms with Crippen LogP contribution in [0.15, 0.2) is 42.0 Å². The number of aliphatic carboxylic acids is 1. The second-order valence-electron chi connectivity index (χ2n) is 4.32. The second-order valence-corrected chi connectivity index (χ2v) is 4.32. The average Bonchev–Trinajstić information content (AvgIpc) is 2.37. The standard InChI is InChI=1S/C14H13NO2/c16-14(17)12-6-3-8-15-9-7-10-4-1-2-5-11(10)13(12)15/h1-6H,7-9H2,(H,16,17). The van der Waals surface area contributed by atoms with E-state index in [0.29, 0.717) is 5.57 Å². The molecule has 0 saturated heterocycles. The molecule has 0 saturated carbocycles. The fourth-order valence-corrected chi connectivity index (χ4v) is 2.55. The van der Waals surface area contributed by atoms with Gasteiger partial charge in [0.25, 0.3) is 0 Å². The number of benzene rings is 1. The predicted octanol–water partition coefficient (Wildman–Crippen LogP) is 1.91. The molecule has 17 heavy (non-hydrogen) atoms. The molecule has 0 atom stereocenters. The zero-order valence-electron chi connectivity index (χ0n) is 9.39. The van der Waals surface area contributed by atoms with Gasteiger partial charge in [-0.05, 0) is 18.1 Å². The SMILES string of the molecule is O=C(O)C1=C2c3ccccc3CCN2CC=C1. The number of carboxylic acid groups (broad SMARTS) is 1. The zero-order chi connectivity index (χ0) is 11.8. The van der Waals surface area contributed by atoms with Gasteiger partial charge in [0.1, 0.15) is 0 Å². The first-order valence-corrected chi connectivity index (χ1v) is 5.74. The normalized spacial score (nSPS) is 17.8. The van der Waals surface area contributed by atoms with Gasteiger partial charge in [-0.2, -0.15) is 0 Å². The topological polar surface area (TPSA) is 40.5 Å². The first-order valence-electron chi connectivity index (χ1n) is 5.74. The third-order valence-corrected chi connectivity index (χ3v) is 3.34. The van der Waals surface area contributed by atoms with Crippen molar-refractivity contribution in [1.82, 2.24) is 4.90 Å². The van der Waals surface area contributed by atoms with Gasteiger partial charge >= 0.3 is 5.97 Å². The molecule has 86 valence electrons. The molecule has 0 radical (unpaired) electrons. The van der Waals surface area contributed by atoms with Crippen LogP contribution in [0.5, 0.6) is 0 Å². The Balaban J connectivity index is 2.24. The summed E-state index contributed by atoms with van der Waals surface area (Å²) in [5.74, 6) is -0.849. The summed E-state index contributed by atoms with van der Waals surface area (Å²) in [6, 6.07) is 8.07. The highest BCUT2D eigenvalue weighted by atomic mass is 16.4. The van der Waals surface area contributed by atoms with Gasteiger partial charge < -0.3 is 10.0 Å². The van der Waals surface area contributed by atoms with Gasteiger partial charge in [-0.1, -0.05) is 30.3 Å². The molecule has 0 spiro atoms. The van der Waals surface area contributed by atoms with Gasteiger partial charge in [-0.3, -0.25) is 0 Å². The molecule has 0 aromatic heterocycles. The molecule has 0 amide bonds. The maximum atomic E-state index is 11.3. The zero-order valence-corrected chi connectivity index (χ0v) is 9.39. The fraction of sp³-hybridized carbons (Fsp3) is 0.214. The van der Waals surface area contributed by atoms with Gasteiger partial charge in [0.2, 0.25) is 0 Å². The Bertz CT molecular complexity index is 543. The maximum Gasteiger partial charge on any atom is 0.337 e. The van der Waals surface area contributed by atoms with Crippen LogP contribution in [0.25, 0.3) is 5.70 Å². The predicted molar refractivity (Wildman–Crippen MR) is 65.4 cm³/mol. The fourth-order valence-electron chi connectivity index (χ4n) is 2.55. The smallest absolute Gasteiger partial charge is 0.337 e. The van der Waals surface area contributed by atoms with Crippen LogP contribution in [0.3, 0.4) is 0 Å². The second kappa shape index (κ2) is 3.77. The molecule has 3 heteroatoms. The molecule has 0 bridgehead atoms. The van der Waals surface area contributed by atoms with Crippen molar-refractivity contribution in [2.24, 2.45) is 0 Å². The lowest BCUT2D eigenvalue weighted by Gasteiger charge is -2.35. The summed E-state index contributed by atoms with van der Waals surface area (Å²) in [5, 5.41) is 9.27. The number of carbonyl (C=O) groups is 1. The molecule has 1 aromatic carbocycles. The monoisotopic (exact) mass is 227 g/mol. The van der Waals surface area contributed by atoms with E-state index in [-0.39, 0.29) is 0 Å². The van der Waals surface area contributed by atoms with Crippen LogP contribution >= 0.6 is 0 Å². The molecule has 1 aromatic rings. The Morgan fingerprint density at radius 1 is 1.29 bits per heavy atom. The molecule has 0 fully saturated rings. The summed E-state index contributed by atoms with van der Waals surface area (Å²) in [7, 11) is 0. The quantitative estimate of drug-likeness (QED) is 0.796. The third kappa shape index (κ3) is 1.55. The summed E-state index contributed by atoms with van der Waals surface area (Å²) in [6.07, 6.45) is 4.62. The van der Waals surface area contributed by atoms with Gasteiger partial charge in [0.05, 0.1) is 11.3 Å². The van der Waals surface area contributed by atoms with E-state index in [0.717, 1.165) is 30.8 Å². The third-order valence-electron chi connectivity index (χ3n) is 3.34. The summed E-state index contributed by atoms with van der Waals surface area (Å²) in [6.45, 7) is 1.70. The summed E-state index contributed by atoms with van der Waals surface area (Å²) < 4.78 is 0. The Morgan fingerprint density at radius 3 is 2.94 bits per heavy atom. The molecular weight excluding hydrogens is 214 g/mol. The number of hydrogen-bond donors (Lipinski definition) is 1. The minimum Gasteiger partial charge on any atom is -0.478 e. The highest BCUT2D eigenvalue weighted by Crippen LogP contribution is 2.33. The van der Waals surface area contributed by atoms with Crippen molar-refractivity contribution in [3.8, 4) is 0 Å². The lowest BCUT2D eigenvalue weighted by atomic mass is 9.92. The van der Waals surface area contributed by atoms with Crippen LogP contribution in [-0.2, 0) is 11.2 Å². The summed E-state index contributed by atoms with van der Waals surface area (Å²) in [5.41, 5.74) is 3.60. The lowest BCUT2D eigenvalue weighted by Crippen LogP contribution is -2.33. The average molecular weight is 227 g/mol. The van der Waals surface area contributed by atoms with Crippen molar-refractivity contribution in [3.63, 3.8) is 0 Å². The Kier molecular flexibility index (Phi) is 2.25. The van der Waals surface area contributed by atoms with E-state index < -0.39 is 5.97 Å². The number of carboxylic acids is 1. The van der Waals surface area contributed by atoms with Crippen LogP contribution in [0.1, 0.15) is 11.1 Å². The van der Waals surface area contributed by atoms with Crippen molar-refractivity contribution in [1.29, 1.82) is 0 Å². The van der Waals surface area contributed by atoms with Crippen LogP contribution in [0.4, 0.5) is 0 Å². The van der Waals surface area contributed by atoms with Gasteiger partial charge in [-0.15, -0.1) is 0 Å². The highest BCUT2D eigenvalue weighted by molar-refractivity contribution is 6.00. The molecule has 0 unspecified atom stereocenters. The molecule has 1 N–H and O–H groups in total. The maximum absolute atomic E-state index is 11.3. The molecule has 2 aliphatic rings. The Morgan fingerprint density at radius 2 is 2.12 bits per heavy atom. The molecular formula is C14H13NO2. The molecule has 3 nitrogen and oxygen atoms in total. The Hall–Kier alpha value is -2.03. The largest absolute Gasteiger partial charge is 0.478 e. The first-order chi connectivity index (χ1) is 8.27. The molecule has 3 rings (SSSR count). The van der Waals surface area contributed by atoms with Gasteiger partial charge in [0, 0.05) is 18.7 Å². The lowest BCUT2D eigenvalue weighted by molar-refractivity contribution is -0.132. The number of fused-ring (bicyclic) bond motifs is 3. The highest BCUT2D eigenvalue weighted by Gasteiger charge is 2.26. The number of rotatable bonds is 1. The van der Waals surface area contributed by atoms with E-state index in [1.807, 2.05) is 24.3 Å². The Labute approximate surface area is 99.7 Å². The van der Waals surface area contributed by atoms with Crippen molar-refractivity contribution >= 4 is 11.7 Å². The molecule has 0 aliphatic carbocycles. The van der Waals surface area contributed by atoms with Crippen LogP contribution in [-0.4, -0.2) is 29.1 Å². The van der Waals surface area contributed by atoms with E-state index >= 15 is 0 Å². The van der Waals surface area contributed by atoms with Crippen molar-refractivity contribution in [3.05, 3.63) is 53.1 Å². The van der Waals surface area contributed by atoms with E-state index in [2.05, 4.69) is 11.0 Å². The van der Waals surface area contributed by atoms with E-state index in [9.17, 15) is 9.90 Å². The van der Waals surface area contributed by atoms with Crippen molar-refractivity contribution in [2.75, 3.05) is 13.1 Å². The first kappa shape index (κ1) is 10.1.